The minimum atomic E-state index is -3.10. The summed E-state index contributed by atoms with van der Waals surface area (Å²) in [7, 11) is -1.57. The minimum absolute atomic E-state index is 0.107. The molecule has 1 atom stereocenters. The third-order valence-corrected chi connectivity index (χ3v) is 5.29. The lowest BCUT2D eigenvalue weighted by Crippen LogP contribution is -2.52. The lowest BCUT2D eigenvalue weighted by Gasteiger charge is -2.36. The molecule has 0 bridgehead atoms. The van der Waals surface area contributed by atoms with E-state index in [1.165, 1.54) is 13.5 Å². The summed E-state index contributed by atoms with van der Waals surface area (Å²) in [4.78, 5) is 2.41. The van der Waals surface area contributed by atoms with Gasteiger partial charge in [0.15, 0.2) is 0 Å². The molecule has 5 nitrogen and oxygen atoms in total. The van der Waals surface area contributed by atoms with Gasteiger partial charge in [-0.05, 0) is 19.4 Å². The van der Waals surface area contributed by atoms with Gasteiger partial charge in [-0.15, -0.1) is 0 Å². The van der Waals surface area contributed by atoms with Crippen molar-refractivity contribution in [1.29, 1.82) is 0 Å². The van der Waals surface area contributed by atoms with Crippen LogP contribution in [0.3, 0.4) is 0 Å². The van der Waals surface area contributed by atoms with Gasteiger partial charge in [-0.2, -0.15) is 4.31 Å². The predicted octanol–water partition coefficient (Wildman–Crippen LogP) is -0.257. The molecule has 2 aliphatic rings. The van der Waals surface area contributed by atoms with Crippen molar-refractivity contribution in [3.63, 3.8) is 0 Å². The van der Waals surface area contributed by atoms with Crippen molar-refractivity contribution in [3.8, 4) is 0 Å². The standard InChI is InChI=1S/C10H20N2O3S/c1-15-7-8-16(13,14)12-6-5-11-4-2-3-10(11)9-12/h10H,2-9H2,1H3. The van der Waals surface area contributed by atoms with E-state index < -0.39 is 10.0 Å². The highest BCUT2D eigenvalue weighted by Crippen LogP contribution is 2.22. The normalized spacial score (nSPS) is 28.2. The topological polar surface area (TPSA) is 49.9 Å². The monoisotopic (exact) mass is 248 g/mol. The second-order valence-corrected chi connectivity index (χ2v) is 6.59. The number of ether oxygens (including phenoxy) is 1. The Kier molecular flexibility index (Phi) is 3.84. The second-order valence-electron chi connectivity index (χ2n) is 4.50. The zero-order valence-electron chi connectivity index (χ0n) is 9.76. The first-order valence-electron chi connectivity index (χ1n) is 5.84. The smallest absolute Gasteiger partial charge is 0.216 e. The van der Waals surface area contributed by atoms with Gasteiger partial charge in [0.2, 0.25) is 10.0 Å². The summed E-state index contributed by atoms with van der Waals surface area (Å²) in [5.41, 5.74) is 0. The van der Waals surface area contributed by atoms with E-state index in [0.29, 0.717) is 19.1 Å². The summed E-state index contributed by atoms with van der Waals surface area (Å²) in [5, 5.41) is 0. The van der Waals surface area contributed by atoms with Crippen LogP contribution in [0.4, 0.5) is 0 Å². The Balaban J connectivity index is 1.95. The van der Waals surface area contributed by atoms with E-state index in [1.54, 1.807) is 4.31 Å². The van der Waals surface area contributed by atoms with Gasteiger partial charge in [0, 0.05) is 32.8 Å². The van der Waals surface area contributed by atoms with Crippen molar-refractivity contribution in [3.05, 3.63) is 0 Å². The molecular weight excluding hydrogens is 228 g/mol. The third kappa shape index (κ3) is 2.56. The van der Waals surface area contributed by atoms with Crippen LogP contribution in [0.25, 0.3) is 0 Å². The number of methoxy groups -OCH3 is 1. The van der Waals surface area contributed by atoms with E-state index >= 15 is 0 Å². The Morgan fingerprint density at radius 1 is 1.31 bits per heavy atom. The Morgan fingerprint density at radius 2 is 2.12 bits per heavy atom. The summed E-state index contributed by atoms with van der Waals surface area (Å²) in [6.07, 6.45) is 2.34. The third-order valence-electron chi connectivity index (χ3n) is 3.49. The first-order valence-corrected chi connectivity index (χ1v) is 7.45. The lowest BCUT2D eigenvalue weighted by molar-refractivity contribution is 0.156. The van der Waals surface area contributed by atoms with Crippen LogP contribution >= 0.6 is 0 Å². The Labute approximate surface area is 97.4 Å². The van der Waals surface area contributed by atoms with Gasteiger partial charge in [0.1, 0.15) is 0 Å². The molecule has 2 rings (SSSR count). The summed E-state index contributed by atoms with van der Waals surface area (Å²) >= 11 is 0. The van der Waals surface area contributed by atoms with Gasteiger partial charge in [0.05, 0.1) is 12.4 Å². The average Bonchev–Trinajstić information content (AvgIpc) is 2.73. The molecule has 1 unspecified atom stereocenters. The molecule has 0 N–H and O–H groups in total. The van der Waals surface area contributed by atoms with Gasteiger partial charge in [-0.1, -0.05) is 0 Å². The first-order chi connectivity index (χ1) is 7.63. The lowest BCUT2D eigenvalue weighted by atomic mass is 10.2. The predicted molar refractivity (Wildman–Crippen MR) is 61.8 cm³/mol. The molecule has 2 aliphatic heterocycles. The number of hydrogen-bond acceptors (Lipinski definition) is 4. The Hall–Kier alpha value is -0.170. The molecule has 2 fully saturated rings. The maximum absolute atomic E-state index is 12.0. The van der Waals surface area contributed by atoms with Crippen molar-refractivity contribution < 1.29 is 13.2 Å². The highest BCUT2D eigenvalue weighted by molar-refractivity contribution is 7.89. The number of nitrogens with zero attached hydrogens (tertiary/aromatic N) is 2. The van der Waals surface area contributed by atoms with E-state index in [4.69, 9.17) is 4.74 Å². The van der Waals surface area contributed by atoms with Crippen LogP contribution in [0, 0.1) is 0 Å². The van der Waals surface area contributed by atoms with Gasteiger partial charge < -0.3 is 4.74 Å². The largest absolute Gasteiger partial charge is 0.384 e. The molecule has 94 valence electrons. The quantitative estimate of drug-likeness (QED) is 0.688. The van der Waals surface area contributed by atoms with Crippen LogP contribution in [0.15, 0.2) is 0 Å². The molecule has 6 heteroatoms. The summed E-state index contributed by atoms with van der Waals surface area (Å²) in [5.74, 6) is 0.107. The molecule has 0 aromatic carbocycles. The van der Waals surface area contributed by atoms with Crippen LogP contribution in [0.1, 0.15) is 12.8 Å². The molecule has 0 aromatic heterocycles. The second kappa shape index (κ2) is 5.00. The number of piperazine rings is 1. The van der Waals surface area contributed by atoms with Crippen LogP contribution < -0.4 is 0 Å². The molecular formula is C10H20N2O3S. The van der Waals surface area contributed by atoms with Gasteiger partial charge in [-0.25, -0.2) is 8.42 Å². The molecule has 0 aliphatic carbocycles. The van der Waals surface area contributed by atoms with Crippen molar-refractivity contribution in [2.24, 2.45) is 0 Å². The Bertz CT molecular complexity index is 331. The van der Waals surface area contributed by atoms with Crippen LogP contribution in [-0.2, 0) is 14.8 Å². The molecule has 2 saturated heterocycles. The molecule has 2 heterocycles. The highest BCUT2D eigenvalue weighted by Gasteiger charge is 2.35. The fourth-order valence-corrected chi connectivity index (χ4v) is 3.93. The van der Waals surface area contributed by atoms with E-state index in [-0.39, 0.29) is 12.4 Å². The summed E-state index contributed by atoms with van der Waals surface area (Å²) in [6, 6.07) is 0.450. The fourth-order valence-electron chi connectivity index (χ4n) is 2.53. The van der Waals surface area contributed by atoms with E-state index in [1.807, 2.05) is 0 Å². The Morgan fingerprint density at radius 3 is 2.88 bits per heavy atom. The molecule has 0 aromatic rings. The van der Waals surface area contributed by atoms with Gasteiger partial charge in [0.25, 0.3) is 0 Å². The fraction of sp³-hybridized carbons (Fsp3) is 1.00. The zero-order valence-corrected chi connectivity index (χ0v) is 10.6. The number of fused-ring (bicyclic) bond motifs is 1. The molecule has 0 saturated carbocycles. The van der Waals surface area contributed by atoms with Crippen LogP contribution in [0.5, 0.6) is 0 Å². The zero-order chi connectivity index (χ0) is 11.6. The maximum Gasteiger partial charge on any atom is 0.216 e. The summed E-state index contributed by atoms with van der Waals surface area (Å²) < 4.78 is 30.4. The first kappa shape index (κ1) is 12.3. The SMILES string of the molecule is COCCS(=O)(=O)N1CCN2CCCC2C1. The van der Waals surface area contributed by atoms with E-state index in [2.05, 4.69) is 4.90 Å². The number of rotatable bonds is 4. The maximum atomic E-state index is 12.0. The number of hydrogen-bond donors (Lipinski definition) is 0. The minimum Gasteiger partial charge on any atom is -0.384 e. The van der Waals surface area contributed by atoms with Gasteiger partial charge in [-0.3, -0.25) is 4.90 Å². The van der Waals surface area contributed by atoms with Crippen molar-refractivity contribution in [2.45, 2.75) is 18.9 Å². The van der Waals surface area contributed by atoms with Crippen LogP contribution in [-0.4, -0.2) is 69.3 Å². The highest BCUT2D eigenvalue weighted by atomic mass is 32.2. The van der Waals surface area contributed by atoms with E-state index in [9.17, 15) is 8.42 Å². The number of sulfonamides is 1. The molecule has 0 spiro atoms. The summed E-state index contributed by atoms with van der Waals surface area (Å²) in [6.45, 7) is 3.62. The van der Waals surface area contributed by atoms with Gasteiger partial charge >= 0.3 is 0 Å². The van der Waals surface area contributed by atoms with Crippen molar-refractivity contribution in [1.82, 2.24) is 9.21 Å². The van der Waals surface area contributed by atoms with Crippen molar-refractivity contribution >= 4 is 10.0 Å². The van der Waals surface area contributed by atoms with Crippen LogP contribution in [0.2, 0.25) is 0 Å². The molecule has 16 heavy (non-hydrogen) atoms. The molecule has 0 radical (unpaired) electrons. The van der Waals surface area contributed by atoms with E-state index in [0.717, 1.165) is 19.5 Å². The van der Waals surface area contributed by atoms with Crippen molar-refractivity contribution in [2.75, 3.05) is 45.6 Å². The molecule has 0 amide bonds. The average molecular weight is 248 g/mol.